The maximum atomic E-state index is 10.1. The van der Waals surface area contributed by atoms with Crippen LogP contribution in [0.3, 0.4) is 0 Å². The van der Waals surface area contributed by atoms with Crippen molar-refractivity contribution in [2.75, 3.05) is 0 Å². The fourth-order valence-electron chi connectivity index (χ4n) is 1.91. The molecule has 96 valence electrons. The number of aldehydes is 1. The third kappa shape index (κ3) is 11.7. The topological polar surface area (TPSA) is 37.3 Å². The molecule has 0 aliphatic rings. The molecule has 0 spiro atoms. The molecule has 0 heterocycles. The van der Waals surface area contributed by atoms with Crippen LogP contribution in [0.15, 0.2) is 0 Å². The minimum absolute atomic E-state index is 0.0945. The average Bonchev–Trinajstić information content (AvgIpc) is 2.29. The molecule has 1 unspecified atom stereocenters. The summed E-state index contributed by atoms with van der Waals surface area (Å²) >= 11 is 0. The monoisotopic (exact) mass is 228 g/mol. The van der Waals surface area contributed by atoms with Crippen LogP contribution >= 0.6 is 0 Å². The molecule has 0 aliphatic heterocycles. The first kappa shape index (κ1) is 15.6. The van der Waals surface area contributed by atoms with E-state index in [9.17, 15) is 9.90 Å². The molecule has 16 heavy (non-hydrogen) atoms. The molecule has 0 bridgehead atoms. The van der Waals surface area contributed by atoms with Crippen molar-refractivity contribution >= 4 is 6.29 Å². The lowest BCUT2D eigenvalue weighted by atomic mass is 10.0. The van der Waals surface area contributed by atoms with Crippen LogP contribution in [0.2, 0.25) is 0 Å². The van der Waals surface area contributed by atoms with Crippen molar-refractivity contribution < 1.29 is 9.90 Å². The van der Waals surface area contributed by atoms with Crippen LogP contribution < -0.4 is 0 Å². The Hall–Kier alpha value is -0.370. The second-order valence-corrected chi connectivity index (χ2v) is 4.66. The number of aliphatic hydroxyl groups is 1. The van der Waals surface area contributed by atoms with E-state index in [0.29, 0.717) is 6.42 Å². The summed E-state index contributed by atoms with van der Waals surface area (Å²) < 4.78 is 0. The van der Waals surface area contributed by atoms with Crippen molar-refractivity contribution in [2.24, 2.45) is 0 Å². The van der Waals surface area contributed by atoms with Crippen molar-refractivity contribution in [3.63, 3.8) is 0 Å². The number of hydrogen-bond donors (Lipinski definition) is 1. The van der Waals surface area contributed by atoms with Crippen LogP contribution in [0.25, 0.3) is 0 Å². The predicted molar refractivity (Wildman–Crippen MR) is 68.5 cm³/mol. The Labute approximate surface area is 100 Å². The van der Waals surface area contributed by atoms with Crippen molar-refractivity contribution in [1.82, 2.24) is 0 Å². The van der Waals surface area contributed by atoms with E-state index in [0.717, 1.165) is 44.8 Å². The van der Waals surface area contributed by atoms with Crippen LogP contribution in [0.4, 0.5) is 0 Å². The number of aliphatic hydroxyl groups excluding tert-OH is 1. The predicted octanol–water partition coefficient (Wildman–Crippen LogP) is 3.86. The molecule has 0 saturated carbocycles. The molecule has 2 heteroatoms. The molecule has 0 aliphatic carbocycles. The van der Waals surface area contributed by atoms with Gasteiger partial charge in [0.25, 0.3) is 0 Å². The zero-order valence-corrected chi connectivity index (χ0v) is 10.8. The first-order chi connectivity index (χ1) is 7.81. The van der Waals surface area contributed by atoms with E-state index < -0.39 is 0 Å². The number of carbonyl (C=O) groups excluding carboxylic acids is 1. The second-order valence-electron chi connectivity index (χ2n) is 4.66. The van der Waals surface area contributed by atoms with Crippen LogP contribution in [-0.4, -0.2) is 17.5 Å². The van der Waals surface area contributed by atoms with Crippen LogP contribution in [0.1, 0.15) is 77.6 Å². The molecule has 1 atom stereocenters. The number of carbonyl (C=O) groups is 1. The average molecular weight is 228 g/mol. The molecule has 0 amide bonds. The van der Waals surface area contributed by atoms with E-state index in [1.165, 1.54) is 25.7 Å². The van der Waals surface area contributed by atoms with Crippen molar-refractivity contribution in [3.05, 3.63) is 0 Å². The molecule has 0 aromatic carbocycles. The summed E-state index contributed by atoms with van der Waals surface area (Å²) in [5.41, 5.74) is 0. The van der Waals surface area contributed by atoms with Crippen molar-refractivity contribution in [3.8, 4) is 0 Å². The van der Waals surface area contributed by atoms with Crippen LogP contribution in [-0.2, 0) is 4.79 Å². The number of rotatable bonds is 12. The number of unbranched alkanes of at least 4 members (excludes halogenated alkanes) is 7. The lowest BCUT2D eigenvalue weighted by molar-refractivity contribution is -0.107. The van der Waals surface area contributed by atoms with Gasteiger partial charge in [-0.15, -0.1) is 0 Å². The second kappa shape index (κ2) is 12.7. The third-order valence-corrected chi connectivity index (χ3v) is 3.00. The fourth-order valence-corrected chi connectivity index (χ4v) is 1.91. The highest BCUT2D eigenvalue weighted by molar-refractivity contribution is 5.48. The van der Waals surface area contributed by atoms with Crippen LogP contribution in [0.5, 0.6) is 0 Å². The van der Waals surface area contributed by atoms with Gasteiger partial charge in [0.15, 0.2) is 0 Å². The Morgan fingerprint density at radius 2 is 1.50 bits per heavy atom. The van der Waals surface area contributed by atoms with Crippen molar-refractivity contribution in [1.29, 1.82) is 0 Å². The Bertz CT molecular complexity index is 146. The maximum absolute atomic E-state index is 10.1. The van der Waals surface area contributed by atoms with Crippen molar-refractivity contribution in [2.45, 2.75) is 83.7 Å². The van der Waals surface area contributed by atoms with Gasteiger partial charge in [0, 0.05) is 6.42 Å². The zero-order valence-electron chi connectivity index (χ0n) is 10.8. The minimum Gasteiger partial charge on any atom is -0.393 e. The van der Waals surface area contributed by atoms with Gasteiger partial charge < -0.3 is 9.90 Å². The molecular formula is C14H28O2. The zero-order chi connectivity index (χ0) is 12.1. The van der Waals surface area contributed by atoms with E-state index in [1.54, 1.807) is 0 Å². The van der Waals surface area contributed by atoms with E-state index in [-0.39, 0.29) is 6.10 Å². The molecule has 1 N–H and O–H groups in total. The summed E-state index contributed by atoms with van der Waals surface area (Å²) in [4.78, 5) is 10.1. The summed E-state index contributed by atoms with van der Waals surface area (Å²) in [5, 5.41) is 9.70. The Balaban J connectivity index is 3.10. The highest BCUT2D eigenvalue weighted by Gasteiger charge is 2.03. The molecule has 0 saturated heterocycles. The fraction of sp³-hybridized carbons (Fsp3) is 0.929. The summed E-state index contributed by atoms with van der Waals surface area (Å²) in [7, 11) is 0. The third-order valence-electron chi connectivity index (χ3n) is 3.00. The smallest absolute Gasteiger partial charge is 0.119 e. The van der Waals surface area contributed by atoms with E-state index in [1.807, 2.05) is 0 Å². The highest BCUT2D eigenvalue weighted by Crippen LogP contribution is 2.12. The summed E-state index contributed by atoms with van der Waals surface area (Å²) in [6.07, 6.45) is 12.9. The lowest BCUT2D eigenvalue weighted by Gasteiger charge is -2.09. The Morgan fingerprint density at radius 1 is 0.938 bits per heavy atom. The van der Waals surface area contributed by atoms with E-state index in [4.69, 9.17) is 0 Å². The van der Waals surface area contributed by atoms with Gasteiger partial charge in [0.05, 0.1) is 6.10 Å². The van der Waals surface area contributed by atoms with Gasteiger partial charge in [0.1, 0.15) is 6.29 Å². The molecule has 2 nitrogen and oxygen atoms in total. The molecule has 0 fully saturated rings. The van der Waals surface area contributed by atoms with E-state index >= 15 is 0 Å². The quantitative estimate of drug-likeness (QED) is 0.407. The molecule has 0 aromatic heterocycles. The van der Waals surface area contributed by atoms with E-state index in [2.05, 4.69) is 6.92 Å². The lowest BCUT2D eigenvalue weighted by Crippen LogP contribution is -2.05. The normalized spacial score (nSPS) is 12.6. The summed E-state index contributed by atoms with van der Waals surface area (Å²) in [6, 6.07) is 0. The maximum Gasteiger partial charge on any atom is 0.119 e. The van der Waals surface area contributed by atoms with Gasteiger partial charge in [0.2, 0.25) is 0 Å². The molecular weight excluding hydrogens is 200 g/mol. The Kier molecular flexibility index (Phi) is 12.4. The first-order valence-corrected chi connectivity index (χ1v) is 6.93. The first-order valence-electron chi connectivity index (χ1n) is 6.93. The van der Waals surface area contributed by atoms with Gasteiger partial charge >= 0.3 is 0 Å². The highest BCUT2D eigenvalue weighted by atomic mass is 16.3. The van der Waals surface area contributed by atoms with Gasteiger partial charge in [-0.3, -0.25) is 0 Å². The molecule has 0 aromatic rings. The molecule has 0 radical (unpaired) electrons. The minimum atomic E-state index is -0.0945. The van der Waals surface area contributed by atoms with Gasteiger partial charge in [-0.25, -0.2) is 0 Å². The van der Waals surface area contributed by atoms with Gasteiger partial charge in [-0.05, 0) is 19.3 Å². The standard InChI is InChI=1S/C14H28O2/c1-2-3-4-8-11-14(16)12-9-6-5-7-10-13-15/h13-14,16H,2-12H2,1H3. The molecule has 0 rings (SSSR count). The van der Waals surface area contributed by atoms with Gasteiger partial charge in [-0.1, -0.05) is 51.9 Å². The largest absolute Gasteiger partial charge is 0.393 e. The Morgan fingerprint density at radius 3 is 2.06 bits per heavy atom. The summed E-state index contributed by atoms with van der Waals surface area (Å²) in [6.45, 7) is 2.20. The SMILES string of the molecule is CCCCCCC(O)CCCCCCC=O. The summed E-state index contributed by atoms with van der Waals surface area (Å²) in [5.74, 6) is 0. The van der Waals surface area contributed by atoms with Crippen LogP contribution in [0, 0.1) is 0 Å². The number of hydrogen-bond acceptors (Lipinski definition) is 2. The van der Waals surface area contributed by atoms with Gasteiger partial charge in [-0.2, -0.15) is 0 Å².